The van der Waals surface area contributed by atoms with Gasteiger partial charge in [-0.3, -0.25) is 0 Å². The van der Waals surface area contributed by atoms with Gasteiger partial charge in [0.25, 0.3) is 0 Å². The number of benzene rings is 2. The fourth-order valence-corrected chi connectivity index (χ4v) is 2.23. The van der Waals surface area contributed by atoms with Gasteiger partial charge in [-0.05, 0) is 41.8 Å². The highest BCUT2D eigenvalue weighted by molar-refractivity contribution is 6.35. The summed E-state index contributed by atoms with van der Waals surface area (Å²) in [6.45, 7) is 1.96. The molecular formula is C14H13Cl2N. The predicted octanol–water partition coefficient (Wildman–Crippen LogP) is 4.68. The number of hydrogen-bond donors (Lipinski definition) is 1. The van der Waals surface area contributed by atoms with E-state index in [9.17, 15) is 0 Å². The van der Waals surface area contributed by atoms with Crippen LogP contribution in [0.4, 0.5) is 0 Å². The number of hydrogen-bond acceptors (Lipinski definition) is 1. The Hall–Kier alpha value is -1.02. The molecule has 0 aliphatic rings. The lowest BCUT2D eigenvalue weighted by Crippen LogP contribution is -2.04. The molecule has 0 radical (unpaired) electrons. The van der Waals surface area contributed by atoms with Crippen molar-refractivity contribution in [1.82, 2.24) is 0 Å². The third-order valence-electron chi connectivity index (χ3n) is 2.63. The number of halogens is 2. The van der Waals surface area contributed by atoms with Crippen LogP contribution in [0.2, 0.25) is 10.0 Å². The summed E-state index contributed by atoms with van der Waals surface area (Å²) in [5, 5.41) is 1.28. The standard InChI is InChI=1S/C14H13Cl2N/c1-9(17)10-2-4-11(5-3-10)12-6-13(15)8-14(16)7-12/h2-9H,17H2,1H3. The van der Waals surface area contributed by atoms with Crippen LogP contribution in [0.15, 0.2) is 42.5 Å². The van der Waals surface area contributed by atoms with Crippen LogP contribution in [0.5, 0.6) is 0 Å². The van der Waals surface area contributed by atoms with Crippen molar-refractivity contribution in [2.24, 2.45) is 5.73 Å². The van der Waals surface area contributed by atoms with Crippen LogP contribution in [0.3, 0.4) is 0 Å². The van der Waals surface area contributed by atoms with Gasteiger partial charge in [-0.1, -0.05) is 47.5 Å². The van der Waals surface area contributed by atoms with E-state index in [4.69, 9.17) is 28.9 Å². The number of rotatable bonds is 2. The molecule has 2 rings (SSSR count). The van der Waals surface area contributed by atoms with Crippen LogP contribution in [-0.4, -0.2) is 0 Å². The first-order chi connectivity index (χ1) is 8.06. The summed E-state index contributed by atoms with van der Waals surface area (Å²) >= 11 is 12.0. The van der Waals surface area contributed by atoms with E-state index in [0.29, 0.717) is 10.0 Å². The molecule has 3 heteroatoms. The molecule has 0 aromatic heterocycles. The normalized spacial score (nSPS) is 12.5. The van der Waals surface area contributed by atoms with Crippen LogP contribution in [0, 0.1) is 0 Å². The summed E-state index contributed by atoms with van der Waals surface area (Å²) < 4.78 is 0. The Morgan fingerprint density at radius 3 is 1.88 bits per heavy atom. The summed E-state index contributed by atoms with van der Waals surface area (Å²) in [4.78, 5) is 0. The fourth-order valence-electron chi connectivity index (χ4n) is 1.70. The van der Waals surface area contributed by atoms with Crippen molar-refractivity contribution in [2.45, 2.75) is 13.0 Å². The topological polar surface area (TPSA) is 26.0 Å². The first-order valence-corrected chi connectivity index (χ1v) is 6.14. The van der Waals surface area contributed by atoms with Crippen LogP contribution in [-0.2, 0) is 0 Å². The van der Waals surface area contributed by atoms with Crippen molar-refractivity contribution in [3.05, 3.63) is 58.1 Å². The molecular weight excluding hydrogens is 253 g/mol. The van der Waals surface area contributed by atoms with Crippen molar-refractivity contribution in [1.29, 1.82) is 0 Å². The maximum absolute atomic E-state index is 5.98. The second kappa shape index (κ2) is 5.09. The van der Waals surface area contributed by atoms with E-state index in [0.717, 1.165) is 16.7 Å². The zero-order chi connectivity index (χ0) is 12.4. The Labute approximate surface area is 111 Å². The van der Waals surface area contributed by atoms with Gasteiger partial charge in [0.15, 0.2) is 0 Å². The van der Waals surface area contributed by atoms with Crippen molar-refractivity contribution in [3.8, 4) is 11.1 Å². The van der Waals surface area contributed by atoms with E-state index in [1.807, 2.05) is 43.3 Å². The summed E-state index contributed by atoms with van der Waals surface area (Å²) in [5.74, 6) is 0. The summed E-state index contributed by atoms with van der Waals surface area (Å²) in [6, 6.07) is 13.7. The lowest BCUT2D eigenvalue weighted by molar-refractivity contribution is 0.818. The third-order valence-corrected chi connectivity index (χ3v) is 3.07. The molecule has 2 N–H and O–H groups in total. The molecule has 0 spiro atoms. The predicted molar refractivity (Wildman–Crippen MR) is 74.5 cm³/mol. The first kappa shape index (κ1) is 12.4. The van der Waals surface area contributed by atoms with E-state index >= 15 is 0 Å². The molecule has 0 aliphatic carbocycles. The van der Waals surface area contributed by atoms with E-state index in [-0.39, 0.29) is 6.04 Å². The lowest BCUT2D eigenvalue weighted by atomic mass is 10.0. The van der Waals surface area contributed by atoms with Gasteiger partial charge >= 0.3 is 0 Å². The van der Waals surface area contributed by atoms with Crippen LogP contribution < -0.4 is 5.73 Å². The molecule has 2 aromatic carbocycles. The second-order valence-electron chi connectivity index (χ2n) is 4.07. The minimum absolute atomic E-state index is 0.0481. The zero-order valence-corrected chi connectivity index (χ0v) is 11.0. The van der Waals surface area contributed by atoms with Gasteiger partial charge in [0.2, 0.25) is 0 Å². The SMILES string of the molecule is CC(N)c1ccc(-c2cc(Cl)cc(Cl)c2)cc1. The molecule has 0 saturated heterocycles. The molecule has 88 valence electrons. The van der Waals surface area contributed by atoms with Gasteiger partial charge in [-0.15, -0.1) is 0 Å². The van der Waals surface area contributed by atoms with E-state index in [1.165, 1.54) is 0 Å². The Morgan fingerprint density at radius 1 is 0.882 bits per heavy atom. The molecule has 17 heavy (non-hydrogen) atoms. The minimum atomic E-state index is 0.0481. The first-order valence-electron chi connectivity index (χ1n) is 5.38. The molecule has 0 fully saturated rings. The minimum Gasteiger partial charge on any atom is -0.324 e. The molecule has 1 unspecified atom stereocenters. The van der Waals surface area contributed by atoms with E-state index in [2.05, 4.69) is 0 Å². The van der Waals surface area contributed by atoms with Crippen molar-refractivity contribution in [3.63, 3.8) is 0 Å². The fraction of sp³-hybridized carbons (Fsp3) is 0.143. The van der Waals surface area contributed by atoms with Crippen molar-refractivity contribution < 1.29 is 0 Å². The van der Waals surface area contributed by atoms with Crippen LogP contribution in [0.1, 0.15) is 18.5 Å². The number of nitrogens with two attached hydrogens (primary N) is 1. The average molecular weight is 266 g/mol. The van der Waals surface area contributed by atoms with Gasteiger partial charge in [0, 0.05) is 16.1 Å². The monoisotopic (exact) mass is 265 g/mol. The highest BCUT2D eigenvalue weighted by atomic mass is 35.5. The molecule has 0 amide bonds. The van der Waals surface area contributed by atoms with Gasteiger partial charge in [0.1, 0.15) is 0 Å². The molecule has 0 aliphatic heterocycles. The maximum Gasteiger partial charge on any atom is 0.0426 e. The summed E-state index contributed by atoms with van der Waals surface area (Å²) in [5.41, 5.74) is 9.02. The Balaban J connectivity index is 2.39. The highest BCUT2D eigenvalue weighted by Gasteiger charge is 2.03. The molecule has 1 atom stereocenters. The average Bonchev–Trinajstić information content (AvgIpc) is 2.28. The van der Waals surface area contributed by atoms with Gasteiger partial charge in [-0.25, -0.2) is 0 Å². The Bertz CT molecular complexity index is 498. The van der Waals surface area contributed by atoms with Crippen LogP contribution in [0.25, 0.3) is 11.1 Å². The van der Waals surface area contributed by atoms with Gasteiger partial charge in [-0.2, -0.15) is 0 Å². The molecule has 0 saturated carbocycles. The summed E-state index contributed by atoms with van der Waals surface area (Å²) in [6.07, 6.45) is 0. The third kappa shape index (κ3) is 3.01. The highest BCUT2D eigenvalue weighted by Crippen LogP contribution is 2.27. The Kier molecular flexibility index (Phi) is 3.72. The van der Waals surface area contributed by atoms with Crippen LogP contribution >= 0.6 is 23.2 Å². The van der Waals surface area contributed by atoms with Crippen molar-refractivity contribution in [2.75, 3.05) is 0 Å². The lowest BCUT2D eigenvalue weighted by Gasteiger charge is -2.08. The molecule has 0 heterocycles. The van der Waals surface area contributed by atoms with Crippen molar-refractivity contribution >= 4 is 23.2 Å². The Morgan fingerprint density at radius 2 is 1.41 bits per heavy atom. The smallest absolute Gasteiger partial charge is 0.0426 e. The zero-order valence-electron chi connectivity index (χ0n) is 9.45. The molecule has 0 bridgehead atoms. The van der Waals surface area contributed by atoms with E-state index in [1.54, 1.807) is 6.07 Å². The second-order valence-corrected chi connectivity index (χ2v) is 4.94. The van der Waals surface area contributed by atoms with Gasteiger partial charge < -0.3 is 5.73 Å². The molecule has 1 nitrogen and oxygen atoms in total. The molecule has 2 aromatic rings. The maximum atomic E-state index is 5.98. The van der Waals surface area contributed by atoms with Gasteiger partial charge in [0.05, 0.1) is 0 Å². The quantitative estimate of drug-likeness (QED) is 0.839. The largest absolute Gasteiger partial charge is 0.324 e. The summed E-state index contributed by atoms with van der Waals surface area (Å²) in [7, 11) is 0. The van der Waals surface area contributed by atoms with E-state index < -0.39 is 0 Å².